The summed E-state index contributed by atoms with van der Waals surface area (Å²) in [4.78, 5) is 2.51. The lowest BCUT2D eigenvalue weighted by Crippen LogP contribution is -2.29. The van der Waals surface area contributed by atoms with E-state index in [2.05, 4.69) is 4.79 Å². The molecule has 0 fully saturated rings. The van der Waals surface area contributed by atoms with Crippen molar-refractivity contribution in [3.63, 3.8) is 0 Å². The van der Waals surface area contributed by atoms with E-state index in [-0.39, 0.29) is 9.79 Å². The zero-order chi connectivity index (χ0) is 22.5. The number of rotatable bonds is 2. The normalized spacial score (nSPS) is 12.0. The van der Waals surface area contributed by atoms with Crippen LogP contribution in [0.15, 0.2) is 21.9 Å². The van der Waals surface area contributed by atoms with Gasteiger partial charge in [0, 0.05) is 0 Å². The molecule has 2 aromatic carbocycles. The average Bonchev–Trinajstić information content (AvgIpc) is 2.57. The van der Waals surface area contributed by atoms with Gasteiger partial charge in [0.05, 0.1) is 9.79 Å². The molecule has 0 heterocycles. The van der Waals surface area contributed by atoms with Crippen molar-refractivity contribution in [2.45, 2.75) is 65.2 Å². The second-order valence-electron chi connectivity index (χ2n) is 7.55. The third-order valence-electron chi connectivity index (χ3n) is 5.65. The van der Waals surface area contributed by atoms with Crippen molar-refractivity contribution in [3.05, 3.63) is 62.2 Å². The standard InChI is InChI=1S/C21H26N2O4S2/c1-11-9-13(3)19(17(7)15(11)5)28(24,25)21(23-22)29(26,27)20-14(4)10-12(2)16(6)18(20)8/h9-10H,1-8H3. The molecule has 0 atom stereocenters. The fraction of sp³-hybridized carbons (Fsp3) is 0.381. The molecule has 0 unspecified atom stereocenters. The number of nitrogens with zero attached hydrogens (tertiary/aromatic N) is 2. The molecule has 2 aromatic rings. The van der Waals surface area contributed by atoms with Crippen LogP contribution in [0.25, 0.3) is 5.53 Å². The van der Waals surface area contributed by atoms with Gasteiger partial charge < -0.3 is 5.53 Å². The first-order chi connectivity index (χ1) is 13.2. The summed E-state index contributed by atoms with van der Waals surface area (Å²) in [5, 5.41) is 0. The number of sulfone groups is 2. The van der Waals surface area contributed by atoms with Crippen molar-refractivity contribution >= 4 is 24.1 Å². The highest BCUT2D eigenvalue weighted by molar-refractivity contribution is 8.31. The molecule has 29 heavy (non-hydrogen) atoms. The van der Waals surface area contributed by atoms with Crippen molar-refractivity contribution < 1.29 is 21.6 Å². The molecule has 2 rings (SSSR count). The van der Waals surface area contributed by atoms with E-state index in [0.29, 0.717) is 22.3 Å². The third kappa shape index (κ3) is 3.56. The van der Waals surface area contributed by atoms with Crippen LogP contribution in [0, 0.1) is 55.4 Å². The van der Waals surface area contributed by atoms with E-state index in [4.69, 9.17) is 0 Å². The Bertz CT molecular complexity index is 1200. The van der Waals surface area contributed by atoms with Gasteiger partial charge in [-0.2, -0.15) is 0 Å². The molecule has 0 N–H and O–H groups in total. The summed E-state index contributed by atoms with van der Waals surface area (Å²) in [6.45, 7) is 13.7. The Morgan fingerprint density at radius 1 is 0.621 bits per heavy atom. The quantitative estimate of drug-likeness (QED) is 0.308. The van der Waals surface area contributed by atoms with Crippen molar-refractivity contribution in [1.29, 1.82) is 0 Å². The zero-order valence-corrected chi connectivity index (χ0v) is 19.6. The Labute approximate surface area is 173 Å². The largest absolute Gasteiger partial charge is 0.504 e. The summed E-state index contributed by atoms with van der Waals surface area (Å²) in [5.41, 5.74) is 14.5. The lowest BCUT2D eigenvalue weighted by Gasteiger charge is -2.16. The maximum atomic E-state index is 13.4. The van der Waals surface area contributed by atoms with E-state index in [1.54, 1.807) is 53.7 Å². The van der Waals surface area contributed by atoms with Gasteiger partial charge in [-0.25, -0.2) is 16.8 Å². The minimum absolute atomic E-state index is 0.142. The van der Waals surface area contributed by atoms with Gasteiger partial charge in [-0.1, -0.05) is 12.1 Å². The van der Waals surface area contributed by atoms with Gasteiger partial charge in [0.15, 0.2) is 0 Å². The van der Waals surface area contributed by atoms with E-state index in [9.17, 15) is 22.4 Å². The zero-order valence-electron chi connectivity index (χ0n) is 18.0. The monoisotopic (exact) mass is 434 g/mol. The Hall–Kier alpha value is -2.28. The van der Waals surface area contributed by atoms with Gasteiger partial charge in [0.2, 0.25) is 0 Å². The van der Waals surface area contributed by atoms with E-state index in [1.165, 1.54) is 0 Å². The van der Waals surface area contributed by atoms with Crippen molar-refractivity contribution in [2.24, 2.45) is 0 Å². The number of benzene rings is 2. The van der Waals surface area contributed by atoms with Crippen LogP contribution in [0.5, 0.6) is 0 Å². The molecule has 0 amide bonds. The maximum absolute atomic E-state index is 13.4. The van der Waals surface area contributed by atoms with Crippen LogP contribution in [-0.2, 0) is 19.7 Å². The highest BCUT2D eigenvalue weighted by atomic mass is 32.3. The Kier molecular flexibility index (Phi) is 5.96. The predicted molar refractivity (Wildman–Crippen MR) is 114 cm³/mol. The first kappa shape index (κ1) is 23.0. The molecule has 6 nitrogen and oxygen atoms in total. The molecule has 0 spiro atoms. The lowest BCUT2D eigenvalue weighted by molar-refractivity contribution is 0.00379. The summed E-state index contributed by atoms with van der Waals surface area (Å²) in [5.74, 6) is 0. The molecular weight excluding hydrogens is 408 g/mol. The molecule has 0 aliphatic rings. The lowest BCUT2D eigenvalue weighted by atomic mass is 10.0. The smallest absolute Gasteiger partial charge is 0.359 e. The van der Waals surface area contributed by atoms with Crippen molar-refractivity contribution in [1.82, 2.24) is 0 Å². The third-order valence-corrected chi connectivity index (χ3v) is 10.4. The van der Waals surface area contributed by atoms with Gasteiger partial charge in [0.25, 0.3) is 19.7 Å². The molecular formula is C21H26N2O4S2. The molecule has 0 aliphatic heterocycles. The molecule has 0 aromatic heterocycles. The van der Waals surface area contributed by atoms with Gasteiger partial charge in [-0.05, 0) is 99.9 Å². The molecule has 0 aliphatic carbocycles. The Morgan fingerprint density at radius 2 is 0.931 bits per heavy atom. The first-order valence-electron chi connectivity index (χ1n) is 9.06. The number of aryl methyl sites for hydroxylation is 4. The van der Waals surface area contributed by atoms with E-state index in [1.807, 2.05) is 13.8 Å². The fourth-order valence-corrected chi connectivity index (χ4v) is 8.07. The van der Waals surface area contributed by atoms with E-state index >= 15 is 0 Å². The summed E-state index contributed by atoms with van der Waals surface area (Å²) < 4.78 is 52.3. The van der Waals surface area contributed by atoms with E-state index in [0.717, 1.165) is 22.3 Å². The predicted octanol–water partition coefficient (Wildman–Crippen LogP) is 3.99. The minimum Gasteiger partial charge on any atom is -0.359 e. The minimum atomic E-state index is -4.60. The Morgan fingerprint density at radius 3 is 1.21 bits per heavy atom. The second kappa shape index (κ2) is 7.52. The summed E-state index contributed by atoms with van der Waals surface area (Å²) >= 11 is 0. The molecule has 156 valence electrons. The van der Waals surface area contributed by atoms with Crippen LogP contribution in [0.3, 0.4) is 0 Å². The van der Waals surface area contributed by atoms with Gasteiger partial charge in [-0.15, -0.1) is 4.79 Å². The highest BCUT2D eigenvalue weighted by Gasteiger charge is 2.47. The SMILES string of the molecule is Cc1cc(C)c(S(=O)(=O)C(=[N+]=[N-])S(=O)(=O)c2c(C)cc(C)c(C)c2C)c(C)c1C. The van der Waals surface area contributed by atoms with Gasteiger partial charge in [-0.3, -0.25) is 0 Å². The number of hydrogen-bond donors (Lipinski definition) is 0. The summed E-state index contributed by atoms with van der Waals surface area (Å²) in [7, 11) is -9.20. The van der Waals surface area contributed by atoms with Gasteiger partial charge in [0.1, 0.15) is 0 Å². The van der Waals surface area contributed by atoms with Crippen LogP contribution in [0.4, 0.5) is 0 Å². The molecule has 0 saturated carbocycles. The molecule has 0 saturated heterocycles. The number of hydrogen-bond acceptors (Lipinski definition) is 4. The molecule has 0 bridgehead atoms. The van der Waals surface area contributed by atoms with Crippen molar-refractivity contribution in [3.8, 4) is 0 Å². The Balaban J connectivity index is 2.91. The topological polar surface area (TPSA) is 105 Å². The molecule has 8 heteroatoms. The van der Waals surface area contributed by atoms with Gasteiger partial charge >= 0.3 is 4.38 Å². The van der Waals surface area contributed by atoms with E-state index < -0.39 is 24.1 Å². The molecule has 0 radical (unpaired) electrons. The summed E-state index contributed by atoms with van der Waals surface area (Å²) in [6, 6.07) is 3.37. The second-order valence-corrected chi connectivity index (χ2v) is 11.4. The maximum Gasteiger partial charge on any atom is 0.504 e. The van der Waals surface area contributed by atoms with Crippen LogP contribution >= 0.6 is 0 Å². The fourth-order valence-electron chi connectivity index (χ4n) is 3.77. The first-order valence-corrected chi connectivity index (χ1v) is 12.0. The summed E-state index contributed by atoms with van der Waals surface area (Å²) in [6.07, 6.45) is 0. The average molecular weight is 435 g/mol. The van der Waals surface area contributed by atoms with Crippen molar-refractivity contribution in [2.75, 3.05) is 0 Å². The van der Waals surface area contributed by atoms with Crippen LogP contribution in [0.2, 0.25) is 0 Å². The van der Waals surface area contributed by atoms with Crippen LogP contribution < -0.4 is 0 Å². The van der Waals surface area contributed by atoms with Crippen LogP contribution in [-0.4, -0.2) is 26.0 Å². The van der Waals surface area contributed by atoms with Crippen LogP contribution in [0.1, 0.15) is 44.5 Å². The highest BCUT2D eigenvalue weighted by Crippen LogP contribution is 2.32.